The molecule has 25 heavy (non-hydrogen) atoms. The van der Waals surface area contributed by atoms with Crippen LogP contribution in [0.2, 0.25) is 0 Å². The Kier molecular flexibility index (Phi) is 5.08. The van der Waals surface area contributed by atoms with Crippen LogP contribution in [0.1, 0.15) is 15.2 Å². The molecular formula is C17H17N3O4S. The molecule has 0 unspecified atom stereocenters. The molecule has 0 atom stereocenters. The van der Waals surface area contributed by atoms with E-state index < -0.39 is 4.92 Å². The van der Waals surface area contributed by atoms with Gasteiger partial charge in [-0.3, -0.25) is 19.7 Å². The number of carbonyl (C=O) groups excluding carboxylic acids is 2. The summed E-state index contributed by atoms with van der Waals surface area (Å²) < 4.78 is 0. The smallest absolute Gasteiger partial charge is 0.273 e. The number of nitro groups is 1. The number of carbonyl (C=O) groups is 2. The van der Waals surface area contributed by atoms with Crippen molar-refractivity contribution >= 4 is 28.8 Å². The van der Waals surface area contributed by atoms with Gasteiger partial charge in [0.15, 0.2) is 0 Å². The average molecular weight is 359 g/mol. The summed E-state index contributed by atoms with van der Waals surface area (Å²) in [5.74, 6) is -0.168. The Morgan fingerprint density at radius 3 is 2.36 bits per heavy atom. The second-order valence-corrected chi connectivity index (χ2v) is 6.66. The predicted octanol–water partition coefficient (Wildman–Crippen LogP) is 2.18. The molecule has 3 rings (SSSR count). The van der Waals surface area contributed by atoms with Crippen LogP contribution >= 0.6 is 11.3 Å². The third-order valence-electron chi connectivity index (χ3n) is 4.18. The zero-order chi connectivity index (χ0) is 17.8. The van der Waals surface area contributed by atoms with Crippen molar-refractivity contribution in [1.82, 2.24) is 9.80 Å². The van der Waals surface area contributed by atoms with Crippen LogP contribution in [0.4, 0.5) is 5.69 Å². The molecule has 2 heterocycles. The van der Waals surface area contributed by atoms with E-state index in [0.29, 0.717) is 36.6 Å². The van der Waals surface area contributed by atoms with Gasteiger partial charge in [0.05, 0.1) is 16.2 Å². The fraction of sp³-hybridized carbons (Fsp3) is 0.294. The first-order valence-corrected chi connectivity index (χ1v) is 8.77. The molecule has 0 saturated carbocycles. The van der Waals surface area contributed by atoms with E-state index in [-0.39, 0.29) is 23.9 Å². The number of rotatable bonds is 4. The highest BCUT2D eigenvalue weighted by molar-refractivity contribution is 7.12. The Bertz CT molecular complexity index is 783. The Morgan fingerprint density at radius 1 is 1.04 bits per heavy atom. The molecule has 7 nitrogen and oxygen atoms in total. The van der Waals surface area contributed by atoms with Gasteiger partial charge in [-0.15, -0.1) is 11.3 Å². The highest BCUT2D eigenvalue weighted by atomic mass is 32.1. The Morgan fingerprint density at radius 2 is 1.72 bits per heavy atom. The number of amides is 2. The van der Waals surface area contributed by atoms with Gasteiger partial charge in [-0.05, 0) is 11.4 Å². The van der Waals surface area contributed by atoms with Crippen LogP contribution in [0.5, 0.6) is 0 Å². The number of nitrogens with zero attached hydrogens (tertiary/aromatic N) is 3. The van der Waals surface area contributed by atoms with Crippen LogP contribution in [-0.4, -0.2) is 52.7 Å². The van der Waals surface area contributed by atoms with Gasteiger partial charge in [0.1, 0.15) is 0 Å². The molecule has 1 aliphatic rings. The topological polar surface area (TPSA) is 83.8 Å². The molecule has 1 aromatic carbocycles. The number of piperazine rings is 1. The molecule has 2 aromatic rings. The Labute approximate surface area is 148 Å². The first kappa shape index (κ1) is 17.1. The lowest BCUT2D eigenvalue weighted by Gasteiger charge is -2.34. The van der Waals surface area contributed by atoms with Crippen LogP contribution in [0.25, 0.3) is 0 Å². The van der Waals surface area contributed by atoms with E-state index >= 15 is 0 Å². The lowest BCUT2D eigenvalue weighted by molar-refractivity contribution is -0.385. The summed E-state index contributed by atoms with van der Waals surface area (Å²) in [6, 6.07) is 9.91. The van der Waals surface area contributed by atoms with E-state index in [4.69, 9.17) is 0 Å². The third kappa shape index (κ3) is 3.85. The second-order valence-electron chi connectivity index (χ2n) is 5.71. The Balaban J connectivity index is 1.59. The highest BCUT2D eigenvalue weighted by Crippen LogP contribution is 2.19. The van der Waals surface area contributed by atoms with Gasteiger partial charge in [0, 0.05) is 37.8 Å². The summed E-state index contributed by atoms with van der Waals surface area (Å²) in [7, 11) is 0. The molecule has 0 aliphatic carbocycles. The molecule has 130 valence electrons. The first-order valence-electron chi connectivity index (χ1n) is 7.89. The summed E-state index contributed by atoms with van der Waals surface area (Å²) in [5.41, 5.74) is 0.372. The van der Waals surface area contributed by atoms with Crippen molar-refractivity contribution in [2.24, 2.45) is 0 Å². The zero-order valence-electron chi connectivity index (χ0n) is 13.5. The normalized spacial score (nSPS) is 14.4. The molecule has 1 aromatic heterocycles. The van der Waals surface area contributed by atoms with Crippen molar-refractivity contribution in [3.8, 4) is 0 Å². The monoisotopic (exact) mass is 359 g/mol. The largest absolute Gasteiger partial charge is 0.339 e. The lowest BCUT2D eigenvalue weighted by Crippen LogP contribution is -2.50. The molecule has 1 saturated heterocycles. The third-order valence-corrected chi connectivity index (χ3v) is 5.04. The summed E-state index contributed by atoms with van der Waals surface area (Å²) in [6.07, 6.45) is -0.00394. The molecule has 2 amide bonds. The highest BCUT2D eigenvalue weighted by Gasteiger charge is 2.26. The first-order chi connectivity index (χ1) is 12.1. The van der Waals surface area contributed by atoms with E-state index in [1.165, 1.54) is 17.4 Å². The lowest BCUT2D eigenvalue weighted by atomic mass is 10.1. The van der Waals surface area contributed by atoms with Crippen molar-refractivity contribution < 1.29 is 14.5 Å². The van der Waals surface area contributed by atoms with Gasteiger partial charge in [0.2, 0.25) is 5.91 Å². The molecule has 0 spiro atoms. The van der Waals surface area contributed by atoms with Gasteiger partial charge >= 0.3 is 0 Å². The molecule has 0 N–H and O–H groups in total. The average Bonchev–Trinajstić information content (AvgIpc) is 3.16. The fourth-order valence-electron chi connectivity index (χ4n) is 2.83. The number of benzene rings is 1. The zero-order valence-corrected chi connectivity index (χ0v) is 14.3. The maximum Gasteiger partial charge on any atom is 0.273 e. The van der Waals surface area contributed by atoms with Gasteiger partial charge < -0.3 is 9.80 Å². The van der Waals surface area contributed by atoms with Crippen LogP contribution in [-0.2, 0) is 11.2 Å². The van der Waals surface area contributed by atoms with E-state index in [1.807, 2.05) is 11.4 Å². The van der Waals surface area contributed by atoms with Crippen molar-refractivity contribution in [2.75, 3.05) is 26.2 Å². The number of thiophene rings is 1. The number of para-hydroxylation sites is 1. The predicted molar refractivity (Wildman–Crippen MR) is 93.6 cm³/mol. The fourth-order valence-corrected chi connectivity index (χ4v) is 3.52. The van der Waals surface area contributed by atoms with Gasteiger partial charge in [0.25, 0.3) is 11.6 Å². The molecule has 8 heteroatoms. The van der Waals surface area contributed by atoms with Crippen LogP contribution in [0, 0.1) is 10.1 Å². The van der Waals surface area contributed by atoms with Crippen molar-refractivity contribution in [2.45, 2.75) is 6.42 Å². The summed E-state index contributed by atoms with van der Waals surface area (Å²) >= 11 is 1.40. The van der Waals surface area contributed by atoms with Crippen LogP contribution in [0.3, 0.4) is 0 Å². The minimum Gasteiger partial charge on any atom is -0.339 e. The summed E-state index contributed by atoms with van der Waals surface area (Å²) in [4.78, 5) is 39.4. The van der Waals surface area contributed by atoms with Crippen molar-refractivity contribution in [1.29, 1.82) is 0 Å². The number of hydrogen-bond donors (Lipinski definition) is 0. The summed E-state index contributed by atoms with van der Waals surface area (Å²) in [6.45, 7) is 1.83. The minimum atomic E-state index is -0.472. The molecule has 0 bridgehead atoms. The van der Waals surface area contributed by atoms with Gasteiger partial charge in [-0.25, -0.2) is 0 Å². The van der Waals surface area contributed by atoms with E-state index in [2.05, 4.69) is 0 Å². The SMILES string of the molecule is O=C(Cc1ccccc1[N+](=O)[O-])N1CCN(C(=O)c2cccs2)CC1. The standard InChI is InChI=1S/C17H17N3O4S/c21-16(12-13-4-1-2-5-14(13)20(23)24)18-7-9-19(10-8-18)17(22)15-6-3-11-25-15/h1-6,11H,7-10,12H2. The Hall–Kier alpha value is -2.74. The van der Waals surface area contributed by atoms with E-state index in [1.54, 1.807) is 34.1 Å². The molecule has 1 fully saturated rings. The maximum absolute atomic E-state index is 12.4. The molecule has 1 aliphatic heterocycles. The van der Waals surface area contributed by atoms with Crippen molar-refractivity contribution in [3.05, 3.63) is 62.3 Å². The molecular weight excluding hydrogens is 342 g/mol. The second kappa shape index (κ2) is 7.43. The summed E-state index contributed by atoms with van der Waals surface area (Å²) in [5, 5.41) is 12.9. The molecule has 0 radical (unpaired) electrons. The number of hydrogen-bond acceptors (Lipinski definition) is 5. The quantitative estimate of drug-likeness (QED) is 0.619. The number of nitro benzene ring substituents is 1. The minimum absolute atomic E-state index is 0.00394. The van der Waals surface area contributed by atoms with Crippen LogP contribution < -0.4 is 0 Å². The van der Waals surface area contributed by atoms with Crippen LogP contribution in [0.15, 0.2) is 41.8 Å². The van der Waals surface area contributed by atoms with Gasteiger partial charge in [-0.1, -0.05) is 24.3 Å². The van der Waals surface area contributed by atoms with Crippen molar-refractivity contribution in [3.63, 3.8) is 0 Å². The maximum atomic E-state index is 12.4. The van der Waals surface area contributed by atoms with Gasteiger partial charge in [-0.2, -0.15) is 0 Å². The van der Waals surface area contributed by atoms with E-state index in [9.17, 15) is 19.7 Å². The van der Waals surface area contributed by atoms with E-state index in [0.717, 1.165) is 0 Å².